The van der Waals surface area contributed by atoms with Crippen LogP contribution in [0.3, 0.4) is 0 Å². The molecule has 0 radical (unpaired) electrons. The summed E-state index contributed by atoms with van der Waals surface area (Å²) in [6.07, 6.45) is 1.79. The third kappa shape index (κ3) is 6.25. The molecule has 1 amide bonds. The molecule has 0 bridgehead atoms. The molecule has 6 nitrogen and oxygen atoms in total. The lowest BCUT2D eigenvalue weighted by molar-refractivity contribution is -0.142. The molecule has 6 heteroatoms. The second kappa shape index (κ2) is 9.42. The Morgan fingerprint density at radius 1 is 1.12 bits per heavy atom. The maximum atomic E-state index is 12.5. The van der Waals surface area contributed by atoms with Crippen LogP contribution >= 0.6 is 0 Å². The molecule has 0 spiro atoms. The number of hydrogen-bond acceptors (Lipinski definition) is 5. The van der Waals surface area contributed by atoms with E-state index in [1.165, 1.54) is 7.11 Å². The molecule has 1 aromatic carbocycles. The number of ether oxygens (including phenoxy) is 2. The van der Waals surface area contributed by atoms with Crippen molar-refractivity contribution in [1.82, 2.24) is 9.88 Å². The van der Waals surface area contributed by atoms with Crippen molar-refractivity contribution in [1.29, 1.82) is 0 Å². The molecular formula is C19H22N2O4. The van der Waals surface area contributed by atoms with E-state index in [0.29, 0.717) is 12.3 Å². The number of amides is 1. The van der Waals surface area contributed by atoms with Crippen LogP contribution in [0.15, 0.2) is 48.7 Å². The monoisotopic (exact) mass is 342 g/mol. The number of methoxy groups -OCH3 is 1. The molecule has 0 N–H and O–H groups in total. The zero-order valence-corrected chi connectivity index (χ0v) is 14.5. The highest BCUT2D eigenvalue weighted by molar-refractivity contribution is 5.78. The molecule has 132 valence electrons. The number of rotatable bonds is 8. The van der Waals surface area contributed by atoms with Gasteiger partial charge in [-0.05, 0) is 31.2 Å². The van der Waals surface area contributed by atoms with Crippen molar-refractivity contribution in [3.05, 3.63) is 59.9 Å². The van der Waals surface area contributed by atoms with E-state index in [2.05, 4.69) is 9.72 Å². The number of nitrogens with zero attached hydrogens (tertiary/aromatic N) is 2. The highest BCUT2D eigenvalue weighted by atomic mass is 16.5. The molecule has 2 aromatic rings. The maximum Gasteiger partial charge on any atom is 0.307 e. The van der Waals surface area contributed by atoms with E-state index < -0.39 is 0 Å². The lowest BCUT2D eigenvalue weighted by atomic mass is 10.2. The Hall–Kier alpha value is -2.89. The van der Waals surface area contributed by atoms with Gasteiger partial charge in [0.25, 0.3) is 5.91 Å². The molecule has 25 heavy (non-hydrogen) atoms. The predicted molar refractivity (Wildman–Crippen MR) is 93.0 cm³/mol. The normalized spacial score (nSPS) is 10.2. The van der Waals surface area contributed by atoms with E-state index in [1.807, 2.05) is 49.4 Å². The van der Waals surface area contributed by atoms with E-state index in [0.717, 1.165) is 11.3 Å². The summed E-state index contributed by atoms with van der Waals surface area (Å²) in [6, 6.07) is 13.0. The van der Waals surface area contributed by atoms with E-state index >= 15 is 0 Å². The van der Waals surface area contributed by atoms with E-state index in [-0.39, 0.29) is 31.4 Å². The van der Waals surface area contributed by atoms with Gasteiger partial charge < -0.3 is 14.4 Å². The first kappa shape index (κ1) is 18.4. The van der Waals surface area contributed by atoms with Crippen molar-refractivity contribution in [3.63, 3.8) is 0 Å². The third-order valence-corrected chi connectivity index (χ3v) is 3.63. The SMILES string of the molecule is COC(=O)CCN(Cc1ccccn1)C(=O)COc1ccc(C)cc1. The van der Waals surface area contributed by atoms with Gasteiger partial charge in [0.2, 0.25) is 0 Å². The van der Waals surface area contributed by atoms with Crippen LogP contribution in [0.25, 0.3) is 0 Å². The number of aryl methyl sites for hydroxylation is 1. The molecule has 1 aromatic heterocycles. The van der Waals surface area contributed by atoms with Crippen LogP contribution in [0, 0.1) is 6.92 Å². The van der Waals surface area contributed by atoms with Crippen LogP contribution in [0.5, 0.6) is 5.75 Å². The predicted octanol–water partition coefficient (Wildman–Crippen LogP) is 2.36. The van der Waals surface area contributed by atoms with Crippen molar-refractivity contribution < 1.29 is 19.1 Å². The molecule has 0 saturated carbocycles. The summed E-state index contributed by atoms with van der Waals surface area (Å²) in [5.74, 6) is 0.0538. The van der Waals surface area contributed by atoms with Gasteiger partial charge >= 0.3 is 5.97 Å². The Balaban J connectivity index is 1.97. The van der Waals surface area contributed by atoms with E-state index in [9.17, 15) is 9.59 Å². The van der Waals surface area contributed by atoms with Crippen molar-refractivity contribution in [3.8, 4) is 5.75 Å². The average Bonchev–Trinajstić information content (AvgIpc) is 2.64. The first-order valence-electron chi connectivity index (χ1n) is 8.02. The number of carbonyl (C=O) groups is 2. The summed E-state index contributed by atoms with van der Waals surface area (Å²) in [7, 11) is 1.33. The Bertz CT molecular complexity index is 686. The largest absolute Gasteiger partial charge is 0.484 e. The molecule has 2 rings (SSSR count). The van der Waals surface area contributed by atoms with Crippen molar-refractivity contribution in [2.45, 2.75) is 19.9 Å². The number of esters is 1. The molecule has 0 fully saturated rings. The van der Waals surface area contributed by atoms with Crippen LogP contribution in [0.2, 0.25) is 0 Å². The van der Waals surface area contributed by atoms with Gasteiger partial charge in [0.15, 0.2) is 6.61 Å². The van der Waals surface area contributed by atoms with Crippen LogP contribution in [0.4, 0.5) is 0 Å². The number of aromatic nitrogens is 1. The first-order chi connectivity index (χ1) is 12.1. The zero-order valence-electron chi connectivity index (χ0n) is 14.5. The summed E-state index contributed by atoms with van der Waals surface area (Å²) >= 11 is 0. The second-order valence-corrected chi connectivity index (χ2v) is 5.56. The Morgan fingerprint density at radius 2 is 1.88 bits per heavy atom. The number of carbonyl (C=O) groups excluding carboxylic acids is 2. The highest BCUT2D eigenvalue weighted by Crippen LogP contribution is 2.12. The maximum absolute atomic E-state index is 12.5. The van der Waals surface area contributed by atoms with Gasteiger partial charge in [-0.25, -0.2) is 0 Å². The summed E-state index contributed by atoms with van der Waals surface area (Å²) in [5.41, 5.74) is 1.87. The van der Waals surface area contributed by atoms with Gasteiger partial charge in [-0.1, -0.05) is 23.8 Å². The lowest BCUT2D eigenvalue weighted by Gasteiger charge is -2.22. The Kier molecular flexibility index (Phi) is 6.95. The molecule has 1 heterocycles. The summed E-state index contributed by atoms with van der Waals surface area (Å²) in [6.45, 7) is 2.45. The number of hydrogen-bond donors (Lipinski definition) is 0. The van der Waals surface area contributed by atoms with Gasteiger partial charge in [-0.2, -0.15) is 0 Å². The number of benzene rings is 1. The smallest absolute Gasteiger partial charge is 0.307 e. The van der Waals surface area contributed by atoms with Crippen molar-refractivity contribution >= 4 is 11.9 Å². The molecular weight excluding hydrogens is 320 g/mol. The van der Waals surface area contributed by atoms with Gasteiger partial charge in [0.05, 0.1) is 25.8 Å². The molecule has 0 unspecified atom stereocenters. The van der Waals surface area contributed by atoms with Crippen LogP contribution in [0.1, 0.15) is 17.7 Å². The van der Waals surface area contributed by atoms with Gasteiger partial charge in [0, 0.05) is 12.7 Å². The quantitative estimate of drug-likeness (QED) is 0.689. The number of pyridine rings is 1. The molecule has 0 aliphatic rings. The van der Waals surface area contributed by atoms with Gasteiger partial charge in [-0.15, -0.1) is 0 Å². The fourth-order valence-corrected chi connectivity index (χ4v) is 2.18. The van der Waals surface area contributed by atoms with E-state index in [4.69, 9.17) is 4.74 Å². The lowest BCUT2D eigenvalue weighted by Crippen LogP contribution is -2.36. The summed E-state index contributed by atoms with van der Waals surface area (Å²) in [5, 5.41) is 0. The van der Waals surface area contributed by atoms with Gasteiger partial charge in [0.1, 0.15) is 5.75 Å². The third-order valence-electron chi connectivity index (χ3n) is 3.63. The zero-order chi connectivity index (χ0) is 18.1. The minimum Gasteiger partial charge on any atom is -0.484 e. The minimum atomic E-state index is -0.363. The average molecular weight is 342 g/mol. The topological polar surface area (TPSA) is 68.7 Å². The van der Waals surface area contributed by atoms with Crippen LogP contribution < -0.4 is 4.74 Å². The summed E-state index contributed by atoms with van der Waals surface area (Å²) in [4.78, 5) is 29.7. The standard InChI is InChI=1S/C19H22N2O4/c1-15-6-8-17(9-7-15)25-14-18(22)21(12-10-19(23)24-2)13-16-5-3-4-11-20-16/h3-9,11H,10,12-14H2,1-2H3. The van der Waals surface area contributed by atoms with Crippen molar-refractivity contribution in [2.75, 3.05) is 20.3 Å². The Morgan fingerprint density at radius 3 is 2.52 bits per heavy atom. The minimum absolute atomic E-state index is 0.100. The molecule has 0 aliphatic heterocycles. The van der Waals surface area contributed by atoms with Crippen molar-refractivity contribution in [2.24, 2.45) is 0 Å². The summed E-state index contributed by atoms with van der Waals surface area (Å²) < 4.78 is 10.2. The molecule has 0 saturated heterocycles. The van der Waals surface area contributed by atoms with Gasteiger partial charge in [-0.3, -0.25) is 14.6 Å². The van der Waals surface area contributed by atoms with Crippen LogP contribution in [-0.4, -0.2) is 42.0 Å². The molecule has 0 aliphatic carbocycles. The molecule has 0 atom stereocenters. The first-order valence-corrected chi connectivity index (χ1v) is 8.02. The Labute approximate surface area is 147 Å². The fourth-order valence-electron chi connectivity index (χ4n) is 2.18. The van der Waals surface area contributed by atoms with E-state index in [1.54, 1.807) is 11.1 Å². The highest BCUT2D eigenvalue weighted by Gasteiger charge is 2.17. The van der Waals surface area contributed by atoms with Crippen LogP contribution in [-0.2, 0) is 20.9 Å². The second-order valence-electron chi connectivity index (χ2n) is 5.56. The fraction of sp³-hybridized carbons (Fsp3) is 0.316.